The molecule has 0 saturated heterocycles. The van der Waals surface area contributed by atoms with Crippen LogP contribution in [-0.2, 0) is 4.74 Å². The standard InChI is InChI=1S/C15H23NO/c1-11-6-4-5-7-15(11)12(2)16-13-8-9-14(10-13)17-3/h4-7,12-14,16H,8-10H2,1-3H3. The van der Waals surface area contributed by atoms with Gasteiger partial charge in [0.05, 0.1) is 6.10 Å². The molecule has 3 atom stereocenters. The first-order chi connectivity index (χ1) is 8.20. The van der Waals surface area contributed by atoms with Gasteiger partial charge in [-0.15, -0.1) is 0 Å². The van der Waals surface area contributed by atoms with Gasteiger partial charge in [0.25, 0.3) is 0 Å². The van der Waals surface area contributed by atoms with Crippen molar-refractivity contribution in [3.05, 3.63) is 35.4 Å². The average molecular weight is 233 g/mol. The SMILES string of the molecule is COC1CCC(NC(C)c2ccccc2C)C1. The molecule has 0 aromatic heterocycles. The van der Waals surface area contributed by atoms with Gasteiger partial charge in [0, 0.05) is 19.2 Å². The molecule has 0 aliphatic heterocycles. The summed E-state index contributed by atoms with van der Waals surface area (Å²) in [6.07, 6.45) is 4.02. The van der Waals surface area contributed by atoms with Crippen molar-refractivity contribution in [3.63, 3.8) is 0 Å². The molecule has 1 saturated carbocycles. The molecule has 0 heterocycles. The lowest BCUT2D eigenvalue weighted by Crippen LogP contribution is -2.30. The fraction of sp³-hybridized carbons (Fsp3) is 0.600. The topological polar surface area (TPSA) is 21.3 Å². The van der Waals surface area contributed by atoms with Crippen LogP contribution in [0.25, 0.3) is 0 Å². The lowest BCUT2D eigenvalue weighted by Gasteiger charge is -2.21. The van der Waals surface area contributed by atoms with Crippen molar-refractivity contribution in [2.24, 2.45) is 0 Å². The fourth-order valence-corrected chi connectivity index (χ4v) is 2.82. The molecule has 1 aliphatic carbocycles. The van der Waals surface area contributed by atoms with Crippen molar-refractivity contribution in [3.8, 4) is 0 Å². The molecule has 17 heavy (non-hydrogen) atoms. The Kier molecular flexibility index (Phi) is 4.19. The molecule has 2 heteroatoms. The largest absolute Gasteiger partial charge is 0.381 e. The Morgan fingerprint density at radius 3 is 2.71 bits per heavy atom. The summed E-state index contributed by atoms with van der Waals surface area (Å²) in [6, 6.07) is 9.65. The quantitative estimate of drug-likeness (QED) is 0.862. The Morgan fingerprint density at radius 1 is 1.29 bits per heavy atom. The first-order valence-electron chi connectivity index (χ1n) is 6.55. The maximum Gasteiger partial charge on any atom is 0.0586 e. The monoisotopic (exact) mass is 233 g/mol. The third-order valence-corrected chi connectivity index (χ3v) is 3.86. The molecule has 1 aliphatic rings. The van der Waals surface area contributed by atoms with E-state index in [2.05, 4.69) is 43.4 Å². The predicted octanol–water partition coefficient (Wildman–Crippen LogP) is 3.21. The van der Waals surface area contributed by atoms with Gasteiger partial charge in [0.15, 0.2) is 0 Å². The van der Waals surface area contributed by atoms with Gasteiger partial charge in [-0.25, -0.2) is 0 Å². The molecule has 3 unspecified atom stereocenters. The molecule has 0 radical (unpaired) electrons. The highest BCUT2D eigenvalue weighted by Gasteiger charge is 2.25. The highest BCUT2D eigenvalue weighted by atomic mass is 16.5. The van der Waals surface area contributed by atoms with Crippen LogP contribution in [0.15, 0.2) is 24.3 Å². The van der Waals surface area contributed by atoms with E-state index < -0.39 is 0 Å². The molecule has 1 aromatic rings. The minimum atomic E-state index is 0.428. The summed E-state index contributed by atoms with van der Waals surface area (Å²) in [5.74, 6) is 0. The molecule has 0 bridgehead atoms. The van der Waals surface area contributed by atoms with Gasteiger partial charge in [-0.2, -0.15) is 0 Å². The number of ether oxygens (including phenoxy) is 1. The number of aryl methyl sites for hydroxylation is 1. The molecule has 1 N–H and O–H groups in total. The van der Waals surface area contributed by atoms with Gasteiger partial charge in [0.1, 0.15) is 0 Å². The van der Waals surface area contributed by atoms with Crippen LogP contribution in [-0.4, -0.2) is 19.3 Å². The molecular weight excluding hydrogens is 210 g/mol. The molecule has 0 amide bonds. The lowest BCUT2D eigenvalue weighted by atomic mass is 10.0. The number of methoxy groups -OCH3 is 1. The minimum absolute atomic E-state index is 0.428. The van der Waals surface area contributed by atoms with Gasteiger partial charge < -0.3 is 10.1 Å². The van der Waals surface area contributed by atoms with E-state index in [1.165, 1.54) is 24.0 Å². The summed E-state index contributed by atoms with van der Waals surface area (Å²) in [5, 5.41) is 3.72. The zero-order chi connectivity index (χ0) is 12.3. The Hall–Kier alpha value is -0.860. The molecule has 1 aromatic carbocycles. The first kappa shape index (κ1) is 12.6. The third kappa shape index (κ3) is 3.08. The highest BCUT2D eigenvalue weighted by molar-refractivity contribution is 5.28. The van der Waals surface area contributed by atoms with Crippen molar-refractivity contribution in [1.82, 2.24) is 5.32 Å². The Balaban J connectivity index is 1.94. The molecule has 94 valence electrons. The molecular formula is C15H23NO. The zero-order valence-electron chi connectivity index (χ0n) is 11.1. The second kappa shape index (κ2) is 5.65. The van der Waals surface area contributed by atoms with Gasteiger partial charge in [0.2, 0.25) is 0 Å². The number of hydrogen-bond acceptors (Lipinski definition) is 2. The van der Waals surface area contributed by atoms with Crippen LogP contribution in [0, 0.1) is 6.92 Å². The van der Waals surface area contributed by atoms with E-state index in [1.807, 2.05) is 7.11 Å². The highest BCUT2D eigenvalue weighted by Crippen LogP contribution is 2.25. The summed E-state index contributed by atoms with van der Waals surface area (Å²) >= 11 is 0. The van der Waals surface area contributed by atoms with Crippen LogP contribution in [0.3, 0.4) is 0 Å². The van der Waals surface area contributed by atoms with E-state index in [4.69, 9.17) is 4.74 Å². The maximum absolute atomic E-state index is 5.41. The summed E-state index contributed by atoms with van der Waals surface area (Å²) in [6.45, 7) is 4.43. The second-order valence-electron chi connectivity index (χ2n) is 5.11. The number of rotatable bonds is 4. The zero-order valence-corrected chi connectivity index (χ0v) is 11.1. The Bertz CT molecular complexity index is 364. The molecule has 2 nitrogen and oxygen atoms in total. The average Bonchev–Trinajstić information content (AvgIpc) is 2.77. The van der Waals surface area contributed by atoms with E-state index in [0.717, 1.165) is 6.42 Å². The number of hydrogen-bond donors (Lipinski definition) is 1. The predicted molar refractivity (Wildman–Crippen MR) is 71.2 cm³/mol. The van der Waals surface area contributed by atoms with Gasteiger partial charge in [-0.05, 0) is 44.2 Å². The van der Waals surface area contributed by atoms with Crippen molar-refractivity contribution < 1.29 is 4.74 Å². The molecule has 2 rings (SSSR count). The Labute approximate surface area is 104 Å². The van der Waals surface area contributed by atoms with Crippen molar-refractivity contribution >= 4 is 0 Å². The fourth-order valence-electron chi connectivity index (χ4n) is 2.82. The van der Waals surface area contributed by atoms with Crippen LogP contribution in [0.2, 0.25) is 0 Å². The van der Waals surface area contributed by atoms with E-state index in [0.29, 0.717) is 18.2 Å². The van der Waals surface area contributed by atoms with Crippen molar-refractivity contribution in [1.29, 1.82) is 0 Å². The normalized spacial score (nSPS) is 26.1. The van der Waals surface area contributed by atoms with E-state index in [1.54, 1.807) is 0 Å². The smallest absolute Gasteiger partial charge is 0.0586 e. The second-order valence-corrected chi connectivity index (χ2v) is 5.11. The summed E-state index contributed by atoms with van der Waals surface area (Å²) in [4.78, 5) is 0. The third-order valence-electron chi connectivity index (χ3n) is 3.86. The van der Waals surface area contributed by atoms with Gasteiger partial charge >= 0.3 is 0 Å². The summed E-state index contributed by atoms with van der Waals surface area (Å²) < 4.78 is 5.41. The maximum atomic E-state index is 5.41. The summed E-state index contributed by atoms with van der Waals surface area (Å²) in [5.41, 5.74) is 2.78. The van der Waals surface area contributed by atoms with Crippen LogP contribution >= 0.6 is 0 Å². The number of nitrogens with one attached hydrogen (secondary N) is 1. The van der Waals surface area contributed by atoms with Crippen molar-refractivity contribution in [2.45, 2.75) is 51.3 Å². The number of benzene rings is 1. The molecule has 1 fully saturated rings. The van der Waals surface area contributed by atoms with Gasteiger partial charge in [-0.3, -0.25) is 0 Å². The van der Waals surface area contributed by atoms with E-state index in [9.17, 15) is 0 Å². The summed E-state index contributed by atoms with van der Waals surface area (Å²) in [7, 11) is 1.82. The minimum Gasteiger partial charge on any atom is -0.381 e. The molecule has 0 spiro atoms. The van der Waals surface area contributed by atoms with Crippen LogP contribution in [0.5, 0.6) is 0 Å². The van der Waals surface area contributed by atoms with Gasteiger partial charge in [-0.1, -0.05) is 24.3 Å². The van der Waals surface area contributed by atoms with Crippen LogP contribution in [0.4, 0.5) is 0 Å². The lowest BCUT2D eigenvalue weighted by molar-refractivity contribution is 0.106. The Morgan fingerprint density at radius 2 is 2.06 bits per heavy atom. The van der Waals surface area contributed by atoms with Crippen LogP contribution < -0.4 is 5.32 Å². The van der Waals surface area contributed by atoms with Crippen molar-refractivity contribution in [2.75, 3.05) is 7.11 Å². The van der Waals surface area contributed by atoms with E-state index in [-0.39, 0.29) is 0 Å². The van der Waals surface area contributed by atoms with E-state index >= 15 is 0 Å². The first-order valence-corrected chi connectivity index (χ1v) is 6.55. The van der Waals surface area contributed by atoms with Crippen LogP contribution in [0.1, 0.15) is 43.4 Å².